The molecule has 1 amide bonds. The van der Waals surface area contributed by atoms with Gasteiger partial charge in [0.1, 0.15) is 11.5 Å². The van der Waals surface area contributed by atoms with Crippen LogP contribution < -0.4 is 14.8 Å². The van der Waals surface area contributed by atoms with Crippen LogP contribution >= 0.6 is 0 Å². The molecule has 10 heteroatoms. The van der Waals surface area contributed by atoms with Crippen molar-refractivity contribution >= 4 is 27.9 Å². The van der Waals surface area contributed by atoms with Crippen molar-refractivity contribution in [2.75, 3.05) is 45.3 Å². The zero-order valence-corrected chi connectivity index (χ0v) is 17.2. The highest BCUT2D eigenvalue weighted by Gasteiger charge is 2.26. The number of anilines is 1. The molecular weight excluding hydrogens is 412 g/mol. The molecule has 0 spiro atoms. The van der Waals surface area contributed by atoms with Gasteiger partial charge in [-0.1, -0.05) is 0 Å². The number of benzene rings is 2. The number of rotatable bonds is 8. The van der Waals surface area contributed by atoms with Gasteiger partial charge in [-0.3, -0.25) is 9.59 Å². The maximum atomic E-state index is 12.6. The first-order valence-corrected chi connectivity index (χ1v) is 10.6. The molecule has 0 unspecified atom stereocenters. The molecule has 160 valence electrons. The molecule has 1 fully saturated rings. The van der Waals surface area contributed by atoms with Gasteiger partial charge in [0, 0.05) is 18.8 Å². The molecule has 1 aliphatic heterocycles. The summed E-state index contributed by atoms with van der Waals surface area (Å²) in [6.45, 7) is 1.04. The van der Waals surface area contributed by atoms with Crippen molar-refractivity contribution in [2.45, 2.75) is 4.90 Å². The van der Waals surface area contributed by atoms with Gasteiger partial charge >= 0.3 is 0 Å². The van der Waals surface area contributed by atoms with Gasteiger partial charge < -0.3 is 19.5 Å². The van der Waals surface area contributed by atoms with Gasteiger partial charge in [0.05, 0.1) is 30.8 Å². The van der Waals surface area contributed by atoms with Gasteiger partial charge in [-0.2, -0.15) is 4.31 Å². The summed E-state index contributed by atoms with van der Waals surface area (Å²) in [6, 6.07) is 10.6. The Balaban J connectivity index is 1.59. The third-order valence-corrected chi connectivity index (χ3v) is 6.36. The monoisotopic (exact) mass is 434 g/mol. The Bertz CT molecular complexity index is 1000. The van der Waals surface area contributed by atoms with Crippen molar-refractivity contribution in [3.8, 4) is 11.5 Å². The fraction of sp³-hybridized carbons (Fsp3) is 0.300. The van der Waals surface area contributed by atoms with Gasteiger partial charge in [-0.15, -0.1) is 0 Å². The van der Waals surface area contributed by atoms with Crippen LogP contribution in [-0.4, -0.2) is 64.9 Å². The fourth-order valence-electron chi connectivity index (χ4n) is 2.86. The van der Waals surface area contributed by atoms with Crippen LogP contribution in [0.1, 0.15) is 10.4 Å². The Morgan fingerprint density at radius 1 is 1.17 bits per heavy atom. The number of hydrogen-bond acceptors (Lipinski definition) is 7. The summed E-state index contributed by atoms with van der Waals surface area (Å²) in [5.74, 6) is 0.306. The maximum Gasteiger partial charge on any atom is 0.262 e. The number of sulfonamides is 1. The van der Waals surface area contributed by atoms with E-state index in [-0.39, 0.29) is 22.8 Å². The van der Waals surface area contributed by atoms with Crippen LogP contribution in [0.25, 0.3) is 0 Å². The van der Waals surface area contributed by atoms with Crippen LogP contribution in [0.2, 0.25) is 0 Å². The number of morpholine rings is 1. The summed E-state index contributed by atoms with van der Waals surface area (Å²) in [7, 11) is -2.11. The summed E-state index contributed by atoms with van der Waals surface area (Å²) in [5, 5.41) is 2.63. The van der Waals surface area contributed by atoms with Crippen LogP contribution in [0.4, 0.5) is 5.69 Å². The van der Waals surface area contributed by atoms with Crippen LogP contribution in [0, 0.1) is 0 Å². The number of carbonyl (C=O) groups excluding carboxylic acids is 2. The van der Waals surface area contributed by atoms with Gasteiger partial charge in [-0.05, 0) is 42.5 Å². The lowest BCUT2D eigenvalue weighted by atomic mass is 10.2. The molecule has 0 aliphatic carbocycles. The zero-order valence-electron chi connectivity index (χ0n) is 16.4. The van der Waals surface area contributed by atoms with Crippen LogP contribution in [0.15, 0.2) is 47.4 Å². The second kappa shape index (κ2) is 9.70. The molecule has 0 bridgehead atoms. The van der Waals surface area contributed by atoms with Crippen molar-refractivity contribution < 1.29 is 32.2 Å². The number of methoxy groups -OCH3 is 1. The van der Waals surface area contributed by atoms with E-state index in [0.29, 0.717) is 44.0 Å². The minimum atomic E-state index is -3.59. The first-order chi connectivity index (χ1) is 14.4. The predicted molar refractivity (Wildman–Crippen MR) is 109 cm³/mol. The highest BCUT2D eigenvalue weighted by Crippen LogP contribution is 2.23. The molecule has 2 aromatic carbocycles. The number of hydrogen-bond donors (Lipinski definition) is 1. The van der Waals surface area contributed by atoms with E-state index in [1.165, 1.54) is 41.7 Å². The minimum absolute atomic E-state index is 0.146. The van der Waals surface area contributed by atoms with Gasteiger partial charge in [-0.25, -0.2) is 8.42 Å². The summed E-state index contributed by atoms with van der Waals surface area (Å²) >= 11 is 0. The Labute approximate surface area is 174 Å². The molecule has 0 saturated carbocycles. The van der Waals surface area contributed by atoms with Crippen molar-refractivity contribution in [3.05, 3.63) is 48.0 Å². The number of nitrogens with one attached hydrogen (secondary N) is 1. The fourth-order valence-corrected chi connectivity index (χ4v) is 4.27. The summed E-state index contributed by atoms with van der Waals surface area (Å²) < 4.78 is 42.2. The average molecular weight is 434 g/mol. The van der Waals surface area contributed by atoms with Gasteiger partial charge in [0.15, 0.2) is 12.9 Å². The highest BCUT2D eigenvalue weighted by atomic mass is 32.2. The maximum absolute atomic E-state index is 12.6. The molecule has 9 nitrogen and oxygen atoms in total. The number of aldehydes is 1. The molecule has 1 aliphatic rings. The predicted octanol–water partition coefficient (Wildman–Crippen LogP) is 1.55. The molecule has 2 aromatic rings. The molecule has 30 heavy (non-hydrogen) atoms. The molecule has 1 saturated heterocycles. The van der Waals surface area contributed by atoms with Gasteiger partial charge in [0.2, 0.25) is 10.0 Å². The van der Waals surface area contributed by atoms with E-state index in [2.05, 4.69) is 5.32 Å². The second-order valence-electron chi connectivity index (χ2n) is 6.40. The van der Waals surface area contributed by atoms with Crippen molar-refractivity contribution in [2.24, 2.45) is 0 Å². The Kier molecular flexibility index (Phi) is 7.03. The third-order valence-electron chi connectivity index (χ3n) is 4.45. The minimum Gasteiger partial charge on any atom is -0.497 e. The molecule has 0 aromatic heterocycles. The molecule has 0 radical (unpaired) electrons. The molecule has 1 N–H and O–H groups in total. The SMILES string of the molecule is COc1ccc(OCC(=O)Nc2ccc(S(=O)(=O)N3CCOCC3)cc2)c(C=O)c1. The first kappa shape index (κ1) is 21.8. The standard InChI is InChI=1S/C20H22N2O7S/c1-27-17-4-7-19(15(12-17)13-23)29-14-20(24)21-16-2-5-18(6-3-16)30(25,26)22-8-10-28-11-9-22/h2-7,12-13H,8-11,14H2,1H3,(H,21,24). The van der Waals surface area contributed by atoms with Crippen molar-refractivity contribution in [1.82, 2.24) is 4.31 Å². The molecule has 3 rings (SSSR count). The lowest BCUT2D eigenvalue weighted by molar-refractivity contribution is -0.118. The molecule has 0 atom stereocenters. The smallest absolute Gasteiger partial charge is 0.262 e. The van der Waals surface area contributed by atoms with E-state index in [0.717, 1.165) is 0 Å². The number of carbonyl (C=O) groups is 2. The second-order valence-corrected chi connectivity index (χ2v) is 8.34. The largest absolute Gasteiger partial charge is 0.497 e. The van der Waals surface area contributed by atoms with E-state index >= 15 is 0 Å². The molecule has 1 heterocycles. The Morgan fingerprint density at radius 2 is 1.87 bits per heavy atom. The number of ether oxygens (including phenoxy) is 3. The summed E-state index contributed by atoms with van der Waals surface area (Å²) in [6.07, 6.45) is 0.614. The normalized spacial score (nSPS) is 14.7. The van der Waals surface area contributed by atoms with Crippen molar-refractivity contribution in [1.29, 1.82) is 0 Å². The zero-order chi connectivity index (χ0) is 21.6. The topological polar surface area (TPSA) is 111 Å². The van der Waals surface area contributed by atoms with E-state index in [1.807, 2.05) is 0 Å². The van der Waals surface area contributed by atoms with Crippen LogP contribution in [0.3, 0.4) is 0 Å². The van der Waals surface area contributed by atoms with Crippen LogP contribution in [0.5, 0.6) is 11.5 Å². The number of nitrogens with zero attached hydrogens (tertiary/aromatic N) is 1. The lowest BCUT2D eigenvalue weighted by Gasteiger charge is -2.26. The first-order valence-electron chi connectivity index (χ1n) is 9.18. The van der Waals surface area contributed by atoms with E-state index in [4.69, 9.17) is 14.2 Å². The Hall–Kier alpha value is -2.95. The average Bonchev–Trinajstić information content (AvgIpc) is 2.78. The summed E-state index contributed by atoms with van der Waals surface area (Å²) in [5.41, 5.74) is 0.690. The van der Waals surface area contributed by atoms with E-state index in [1.54, 1.807) is 12.1 Å². The third kappa shape index (κ3) is 5.15. The van der Waals surface area contributed by atoms with E-state index in [9.17, 15) is 18.0 Å². The number of amides is 1. The summed E-state index contributed by atoms with van der Waals surface area (Å²) in [4.78, 5) is 23.5. The van der Waals surface area contributed by atoms with E-state index < -0.39 is 15.9 Å². The lowest BCUT2D eigenvalue weighted by Crippen LogP contribution is -2.40. The molecular formula is C20H22N2O7S. The quantitative estimate of drug-likeness (QED) is 0.628. The van der Waals surface area contributed by atoms with Gasteiger partial charge in [0.25, 0.3) is 5.91 Å². The van der Waals surface area contributed by atoms with Crippen molar-refractivity contribution in [3.63, 3.8) is 0 Å². The van der Waals surface area contributed by atoms with Crippen LogP contribution in [-0.2, 0) is 19.6 Å². The Morgan fingerprint density at radius 3 is 2.50 bits per heavy atom. The highest BCUT2D eigenvalue weighted by molar-refractivity contribution is 7.89.